The third kappa shape index (κ3) is 3.44. The van der Waals surface area contributed by atoms with Crippen molar-refractivity contribution in [3.8, 4) is 5.75 Å². The summed E-state index contributed by atoms with van der Waals surface area (Å²) in [5.41, 5.74) is -0.656. The molecule has 8 heteroatoms. The number of ether oxygens (including phenoxy) is 3. The summed E-state index contributed by atoms with van der Waals surface area (Å²) in [5, 5.41) is 3.44. The lowest BCUT2D eigenvalue weighted by Gasteiger charge is -2.47. The summed E-state index contributed by atoms with van der Waals surface area (Å²) >= 11 is 0. The normalized spacial score (nSPS) is 21.2. The number of hydrogen-bond donors (Lipinski definition) is 0. The van der Waals surface area contributed by atoms with Gasteiger partial charge in [-0.05, 0) is 31.5 Å². The first-order valence-electron chi connectivity index (χ1n) is 9.52. The molecule has 0 bridgehead atoms. The van der Waals surface area contributed by atoms with Gasteiger partial charge in [-0.2, -0.15) is 0 Å². The fourth-order valence-corrected chi connectivity index (χ4v) is 3.93. The van der Waals surface area contributed by atoms with E-state index in [1.807, 2.05) is 12.1 Å². The monoisotopic (exact) mass is 390 g/mol. The van der Waals surface area contributed by atoms with Gasteiger partial charge in [0.05, 0.1) is 26.4 Å². The van der Waals surface area contributed by atoms with Gasteiger partial charge in [-0.25, -0.2) is 5.01 Å². The van der Waals surface area contributed by atoms with Gasteiger partial charge in [-0.15, -0.1) is 0 Å². The lowest BCUT2D eigenvalue weighted by molar-refractivity contribution is -0.192. The highest BCUT2D eigenvalue weighted by atomic mass is 16.6. The number of fused-ring (bicyclic) bond motifs is 1. The lowest BCUT2D eigenvalue weighted by atomic mass is 9.77. The van der Waals surface area contributed by atoms with E-state index >= 15 is 0 Å². The van der Waals surface area contributed by atoms with Crippen LogP contribution in [-0.4, -0.2) is 61.3 Å². The van der Waals surface area contributed by atoms with E-state index in [0.29, 0.717) is 18.7 Å². The molecule has 152 valence electrons. The van der Waals surface area contributed by atoms with Crippen LogP contribution < -0.4 is 4.74 Å². The number of carbonyl (C=O) groups is 3. The predicted octanol–water partition coefficient (Wildman–Crippen LogP) is 1.70. The van der Waals surface area contributed by atoms with Gasteiger partial charge < -0.3 is 14.2 Å². The molecule has 3 rings (SSSR count). The zero-order chi connectivity index (χ0) is 20.3. The standard InChI is InChI=1S/C20H26N2O6/c1-4-27-18(24)20(19(25)28-5-2)12-16(14-6-8-15(26-3)9-7-14)22-17(23)10-11-21(22)13-20/h6-9,16H,4-5,10-13H2,1-3H3. The summed E-state index contributed by atoms with van der Waals surface area (Å²) in [6.07, 6.45) is 0.452. The van der Waals surface area contributed by atoms with Crippen LogP contribution in [-0.2, 0) is 23.9 Å². The van der Waals surface area contributed by atoms with Crippen molar-refractivity contribution in [3.05, 3.63) is 29.8 Å². The Hall–Kier alpha value is -2.61. The van der Waals surface area contributed by atoms with Gasteiger partial charge in [0.2, 0.25) is 5.91 Å². The first-order chi connectivity index (χ1) is 13.5. The van der Waals surface area contributed by atoms with Crippen molar-refractivity contribution >= 4 is 17.8 Å². The molecule has 1 unspecified atom stereocenters. The first kappa shape index (κ1) is 20.1. The highest BCUT2D eigenvalue weighted by Gasteiger charge is 2.58. The second-order valence-electron chi connectivity index (χ2n) is 6.89. The predicted molar refractivity (Wildman–Crippen MR) is 99.1 cm³/mol. The molecule has 0 aromatic heterocycles. The molecular formula is C20H26N2O6. The molecule has 8 nitrogen and oxygen atoms in total. The number of esters is 2. The van der Waals surface area contributed by atoms with Crippen molar-refractivity contribution in [1.82, 2.24) is 10.0 Å². The van der Waals surface area contributed by atoms with Gasteiger partial charge >= 0.3 is 11.9 Å². The van der Waals surface area contributed by atoms with E-state index in [2.05, 4.69) is 0 Å². The Labute approximate surface area is 164 Å². The molecule has 2 heterocycles. The second kappa shape index (κ2) is 8.18. The Morgan fingerprint density at radius 1 is 1.11 bits per heavy atom. The fraction of sp³-hybridized carbons (Fsp3) is 0.550. The van der Waals surface area contributed by atoms with Gasteiger partial charge in [-0.3, -0.25) is 19.4 Å². The minimum absolute atomic E-state index is 0.0258. The molecule has 1 amide bonds. The zero-order valence-corrected chi connectivity index (χ0v) is 16.5. The molecule has 0 radical (unpaired) electrons. The molecule has 2 fully saturated rings. The van der Waals surface area contributed by atoms with E-state index in [1.54, 1.807) is 43.1 Å². The summed E-state index contributed by atoms with van der Waals surface area (Å²) in [6.45, 7) is 4.25. The van der Waals surface area contributed by atoms with Gasteiger partial charge in [0.15, 0.2) is 5.41 Å². The van der Waals surface area contributed by atoms with Crippen molar-refractivity contribution < 1.29 is 28.6 Å². The molecule has 0 saturated carbocycles. The van der Waals surface area contributed by atoms with Crippen LogP contribution in [0.5, 0.6) is 5.75 Å². The quantitative estimate of drug-likeness (QED) is 0.540. The van der Waals surface area contributed by atoms with Gasteiger partial charge in [-0.1, -0.05) is 12.1 Å². The maximum atomic E-state index is 12.9. The third-order valence-corrected chi connectivity index (χ3v) is 5.27. The largest absolute Gasteiger partial charge is 0.497 e. The van der Waals surface area contributed by atoms with Crippen LogP contribution in [0.25, 0.3) is 0 Å². The Morgan fingerprint density at radius 2 is 1.71 bits per heavy atom. The summed E-state index contributed by atoms with van der Waals surface area (Å²) in [6, 6.07) is 6.82. The van der Waals surface area contributed by atoms with Crippen molar-refractivity contribution in [1.29, 1.82) is 0 Å². The highest BCUT2D eigenvalue weighted by molar-refractivity contribution is 6.01. The number of hydrazine groups is 1. The summed E-state index contributed by atoms with van der Waals surface area (Å²) in [7, 11) is 1.58. The third-order valence-electron chi connectivity index (χ3n) is 5.27. The van der Waals surface area contributed by atoms with E-state index in [-0.39, 0.29) is 32.1 Å². The maximum absolute atomic E-state index is 12.9. The smallest absolute Gasteiger partial charge is 0.324 e. The molecule has 1 aromatic rings. The Balaban J connectivity index is 2.03. The molecule has 0 spiro atoms. The molecular weight excluding hydrogens is 364 g/mol. The zero-order valence-electron chi connectivity index (χ0n) is 16.5. The van der Waals surface area contributed by atoms with Crippen LogP contribution in [0.2, 0.25) is 0 Å². The van der Waals surface area contributed by atoms with Crippen LogP contribution in [0.3, 0.4) is 0 Å². The SMILES string of the molecule is CCOC(=O)C1(C(=O)OCC)CC(c2ccc(OC)cc2)N2C(=O)CCN2C1. The number of hydrogen-bond acceptors (Lipinski definition) is 7. The van der Waals surface area contributed by atoms with Gasteiger partial charge in [0, 0.05) is 25.9 Å². The van der Waals surface area contributed by atoms with Crippen molar-refractivity contribution in [2.24, 2.45) is 5.41 Å². The average molecular weight is 390 g/mol. The van der Waals surface area contributed by atoms with E-state index < -0.39 is 23.4 Å². The number of rotatable bonds is 6. The van der Waals surface area contributed by atoms with Crippen LogP contribution in [0, 0.1) is 5.41 Å². The Morgan fingerprint density at radius 3 is 2.25 bits per heavy atom. The molecule has 0 N–H and O–H groups in total. The maximum Gasteiger partial charge on any atom is 0.324 e. The van der Waals surface area contributed by atoms with Gasteiger partial charge in [0.1, 0.15) is 5.75 Å². The first-order valence-corrected chi connectivity index (χ1v) is 9.52. The highest BCUT2D eigenvalue weighted by Crippen LogP contribution is 2.45. The van der Waals surface area contributed by atoms with Crippen molar-refractivity contribution in [2.75, 3.05) is 33.4 Å². The molecule has 1 atom stereocenters. The minimum atomic E-state index is -1.47. The van der Waals surface area contributed by atoms with Crippen molar-refractivity contribution in [2.45, 2.75) is 32.7 Å². The fourth-order valence-electron chi connectivity index (χ4n) is 3.93. The topological polar surface area (TPSA) is 85.4 Å². The molecule has 28 heavy (non-hydrogen) atoms. The van der Waals surface area contributed by atoms with E-state index in [9.17, 15) is 14.4 Å². The minimum Gasteiger partial charge on any atom is -0.497 e. The number of nitrogens with zero attached hydrogens (tertiary/aromatic N) is 2. The number of amides is 1. The van der Waals surface area contributed by atoms with E-state index in [4.69, 9.17) is 14.2 Å². The molecule has 0 aliphatic carbocycles. The average Bonchev–Trinajstić information content (AvgIpc) is 3.08. The van der Waals surface area contributed by atoms with Crippen molar-refractivity contribution in [3.63, 3.8) is 0 Å². The Kier molecular flexibility index (Phi) is 5.88. The van der Waals surface area contributed by atoms with Crippen LogP contribution in [0.4, 0.5) is 0 Å². The molecule has 2 saturated heterocycles. The van der Waals surface area contributed by atoms with Crippen LogP contribution in [0.1, 0.15) is 38.3 Å². The molecule has 2 aliphatic rings. The molecule has 2 aliphatic heterocycles. The Bertz CT molecular complexity index is 730. The summed E-state index contributed by atoms with van der Waals surface area (Å²) < 4.78 is 15.7. The van der Waals surface area contributed by atoms with E-state index in [0.717, 1.165) is 5.56 Å². The number of methoxy groups -OCH3 is 1. The number of carbonyl (C=O) groups excluding carboxylic acids is 3. The summed E-state index contributed by atoms with van der Waals surface area (Å²) in [4.78, 5) is 38.4. The lowest BCUT2D eigenvalue weighted by Crippen LogP contribution is -2.60. The molecule has 1 aromatic carbocycles. The van der Waals surface area contributed by atoms with Crippen LogP contribution in [0.15, 0.2) is 24.3 Å². The summed E-state index contributed by atoms with van der Waals surface area (Å²) in [5.74, 6) is -0.551. The van der Waals surface area contributed by atoms with E-state index in [1.165, 1.54) is 0 Å². The number of benzene rings is 1. The van der Waals surface area contributed by atoms with Gasteiger partial charge in [0.25, 0.3) is 0 Å². The second-order valence-corrected chi connectivity index (χ2v) is 6.89. The van der Waals surface area contributed by atoms with Crippen LogP contribution >= 0.6 is 0 Å².